The second-order valence-electron chi connectivity index (χ2n) is 4.83. The summed E-state index contributed by atoms with van der Waals surface area (Å²) in [4.78, 5) is 2.53. The quantitative estimate of drug-likeness (QED) is 0.761. The van der Waals surface area contributed by atoms with E-state index >= 15 is 0 Å². The summed E-state index contributed by atoms with van der Waals surface area (Å²) in [7, 11) is 0. The Hall–Kier alpha value is -0.540. The number of piperazine rings is 1. The number of fused-ring (bicyclic) bond motifs is 1. The Bertz CT molecular complexity index is 261. The standard InChI is InChI=1S/C12H22N2O.C2H6/c1-9(2)12-8-15-7-11-6-13-4-5-14(11)10(12)3;1-2/h9,11,13H,4-8H2,1-3H3;1-2H3. The first-order valence-electron chi connectivity index (χ1n) is 6.95. The Kier molecular flexibility index (Phi) is 6.00. The molecule has 2 aliphatic rings. The molecule has 0 saturated carbocycles. The van der Waals surface area contributed by atoms with Gasteiger partial charge in [-0.1, -0.05) is 27.7 Å². The molecule has 2 aliphatic heterocycles. The number of nitrogens with zero attached hydrogens (tertiary/aromatic N) is 1. The Balaban J connectivity index is 0.000000686. The van der Waals surface area contributed by atoms with Crippen molar-refractivity contribution in [2.45, 2.75) is 40.7 Å². The van der Waals surface area contributed by atoms with Gasteiger partial charge in [-0.15, -0.1) is 0 Å². The molecule has 3 nitrogen and oxygen atoms in total. The van der Waals surface area contributed by atoms with Gasteiger partial charge in [-0.2, -0.15) is 0 Å². The predicted octanol–water partition coefficient (Wildman–Crippen LogP) is 2.25. The molecule has 0 aliphatic carbocycles. The van der Waals surface area contributed by atoms with Crippen LogP contribution in [-0.2, 0) is 4.74 Å². The largest absolute Gasteiger partial charge is 0.375 e. The maximum absolute atomic E-state index is 5.77. The van der Waals surface area contributed by atoms with Gasteiger partial charge in [0.2, 0.25) is 0 Å². The zero-order valence-corrected chi connectivity index (χ0v) is 12.0. The molecule has 0 bridgehead atoms. The fraction of sp³-hybridized carbons (Fsp3) is 0.857. The smallest absolute Gasteiger partial charge is 0.0699 e. The van der Waals surface area contributed by atoms with Gasteiger partial charge in [-0.05, 0) is 18.4 Å². The van der Waals surface area contributed by atoms with Gasteiger partial charge in [0.05, 0.1) is 19.3 Å². The summed E-state index contributed by atoms with van der Waals surface area (Å²) in [5.41, 5.74) is 2.92. The van der Waals surface area contributed by atoms with Gasteiger partial charge in [0, 0.05) is 25.3 Å². The van der Waals surface area contributed by atoms with Crippen LogP contribution in [0.3, 0.4) is 0 Å². The molecule has 0 amide bonds. The van der Waals surface area contributed by atoms with Gasteiger partial charge in [0.15, 0.2) is 0 Å². The van der Waals surface area contributed by atoms with E-state index in [0.717, 1.165) is 32.8 Å². The molecule has 3 heteroatoms. The third-order valence-electron chi connectivity index (χ3n) is 3.51. The second kappa shape index (κ2) is 7.02. The lowest BCUT2D eigenvalue weighted by molar-refractivity contribution is 0.0895. The molecule has 2 heterocycles. The summed E-state index contributed by atoms with van der Waals surface area (Å²) in [6, 6.07) is 0.537. The predicted molar refractivity (Wildman–Crippen MR) is 73.1 cm³/mol. The Labute approximate surface area is 106 Å². The van der Waals surface area contributed by atoms with Gasteiger partial charge >= 0.3 is 0 Å². The van der Waals surface area contributed by atoms with Crippen molar-refractivity contribution in [2.75, 3.05) is 32.8 Å². The number of nitrogens with one attached hydrogen (secondary N) is 1. The van der Waals surface area contributed by atoms with Crippen molar-refractivity contribution < 1.29 is 4.74 Å². The van der Waals surface area contributed by atoms with Gasteiger partial charge < -0.3 is 15.0 Å². The van der Waals surface area contributed by atoms with E-state index in [1.165, 1.54) is 11.3 Å². The molecule has 1 unspecified atom stereocenters. The van der Waals surface area contributed by atoms with Crippen LogP contribution in [0.15, 0.2) is 11.3 Å². The molecular formula is C14H28N2O. The molecule has 1 N–H and O–H groups in total. The van der Waals surface area contributed by atoms with Crippen LogP contribution in [0.4, 0.5) is 0 Å². The molecule has 0 aromatic carbocycles. The van der Waals surface area contributed by atoms with E-state index in [-0.39, 0.29) is 0 Å². The van der Waals surface area contributed by atoms with Crippen molar-refractivity contribution in [3.63, 3.8) is 0 Å². The SMILES string of the molecule is CC.CC1=C(C(C)C)COCC2CNCCN12. The minimum atomic E-state index is 0.537. The highest BCUT2D eigenvalue weighted by Gasteiger charge is 2.27. The summed E-state index contributed by atoms with van der Waals surface area (Å²) in [6.07, 6.45) is 0. The molecule has 17 heavy (non-hydrogen) atoms. The van der Waals surface area contributed by atoms with Crippen molar-refractivity contribution in [3.05, 3.63) is 11.3 Å². The lowest BCUT2D eigenvalue weighted by Gasteiger charge is -2.37. The second-order valence-corrected chi connectivity index (χ2v) is 4.83. The lowest BCUT2D eigenvalue weighted by Crippen LogP contribution is -2.51. The van der Waals surface area contributed by atoms with Crippen molar-refractivity contribution in [2.24, 2.45) is 5.92 Å². The maximum atomic E-state index is 5.77. The minimum absolute atomic E-state index is 0.537. The van der Waals surface area contributed by atoms with Crippen LogP contribution in [0, 0.1) is 5.92 Å². The van der Waals surface area contributed by atoms with Crippen LogP contribution in [0.1, 0.15) is 34.6 Å². The van der Waals surface area contributed by atoms with Crippen molar-refractivity contribution in [3.8, 4) is 0 Å². The molecular weight excluding hydrogens is 212 g/mol. The van der Waals surface area contributed by atoms with Crippen molar-refractivity contribution in [1.29, 1.82) is 0 Å². The van der Waals surface area contributed by atoms with E-state index in [1.807, 2.05) is 13.8 Å². The van der Waals surface area contributed by atoms with Gasteiger partial charge in [-0.25, -0.2) is 0 Å². The van der Waals surface area contributed by atoms with Gasteiger partial charge in [0.25, 0.3) is 0 Å². The molecule has 0 aromatic heterocycles. The highest BCUT2D eigenvalue weighted by Crippen LogP contribution is 2.24. The average Bonchev–Trinajstić information content (AvgIpc) is 2.52. The Morgan fingerprint density at radius 2 is 2.06 bits per heavy atom. The number of ether oxygens (including phenoxy) is 1. The van der Waals surface area contributed by atoms with E-state index in [0.29, 0.717) is 12.0 Å². The van der Waals surface area contributed by atoms with E-state index in [1.54, 1.807) is 0 Å². The van der Waals surface area contributed by atoms with Gasteiger partial charge in [0.1, 0.15) is 0 Å². The van der Waals surface area contributed by atoms with Gasteiger partial charge in [-0.3, -0.25) is 0 Å². The zero-order chi connectivity index (χ0) is 12.8. The van der Waals surface area contributed by atoms with Crippen LogP contribution >= 0.6 is 0 Å². The van der Waals surface area contributed by atoms with Crippen LogP contribution in [0.2, 0.25) is 0 Å². The topological polar surface area (TPSA) is 24.5 Å². The third-order valence-corrected chi connectivity index (χ3v) is 3.51. The van der Waals surface area contributed by atoms with Crippen molar-refractivity contribution in [1.82, 2.24) is 10.2 Å². The van der Waals surface area contributed by atoms with Crippen LogP contribution in [0.5, 0.6) is 0 Å². The first-order valence-corrected chi connectivity index (χ1v) is 6.95. The van der Waals surface area contributed by atoms with Crippen LogP contribution in [-0.4, -0.2) is 43.8 Å². The summed E-state index contributed by atoms with van der Waals surface area (Å²) in [6.45, 7) is 15.7. The highest BCUT2D eigenvalue weighted by molar-refractivity contribution is 5.17. The lowest BCUT2D eigenvalue weighted by atomic mass is 10.0. The molecule has 100 valence electrons. The minimum Gasteiger partial charge on any atom is -0.375 e. The monoisotopic (exact) mass is 240 g/mol. The molecule has 2 rings (SSSR count). The van der Waals surface area contributed by atoms with Crippen molar-refractivity contribution >= 4 is 0 Å². The number of allylic oxidation sites excluding steroid dienone is 1. The Morgan fingerprint density at radius 1 is 1.35 bits per heavy atom. The number of hydrogen-bond acceptors (Lipinski definition) is 3. The molecule has 0 aromatic rings. The van der Waals surface area contributed by atoms with Crippen LogP contribution in [0.25, 0.3) is 0 Å². The summed E-state index contributed by atoms with van der Waals surface area (Å²) in [5, 5.41) is 3.43. The molecule has 1 fully saturated rings. The van der Waals surface area contributed by atoms with Crippen LogP contribution < -0.4 is 5.32 Å². The van der Waals surface area contributed by atoms with E-state index in [4.69, 9.17) is 4.74 Å². The number of hydrogen-bond donors (Lipinski definition) is 1. The molecule has 0 spiro atoms. The Morgan fingerprint density at radius 3 is 2.71 bits per heavy atom. The van der Waals surface area contributed by atoms with E-state index in [2.05, 4.69) is 31.0 Å². The molecule has 0 radical (unpaired) electrons. The summed E-state index contributed by atoms with van der Waals surface area (Å²) in [5.74, 6) is 0.596. The van der Waals surface area contributed by atoms with E-state index in [9.17, 15) is 0 Å². The third kappa shape index (κ3) is 3.46. The molecule has 1 atom stereocenters. The fourth-order valence-electron chi connectivity index (χ4n) is 2.53. The normalized spacial score (nSPS) is 25.1. The first kappa shape index (κ1) is 14.5. The summed E-state index contributed by atoms with van der Waals surface area (Å²) < 4.78 is 5.77. The molecule has 1 saturated heterocycles. The zero-order valence-electron chi connectivity index (χ0n) is 12.0. The first-order chi connectivity index (χ1) is 8.20. The average molecular weight is 240 g/mol. The number of rotatable bonds is 1. The highest BCUT2D eigenvalue weighted by atomic mass is 16.5. The fourth-order valence-corrected chi connectivity index (χ4v) is 2.53. The maximum Gasteiger partial charge on any atom is 0.0699 e. The van der Waals surface area contributed by atoms with E-state index < -0.39 is 0 Å². The summed E-state index contributed by atoms with van der Waals surface area (Å²) >= 11 is 0.